The Labute approximate surface area is 146 Å². The number of guanidine groups is 1. The van der Waals surface area contributed by atoms with Crippen molar-refractivity contribution in [3.05, 3.63) is 0 Å². The van der Waals surface area contributed by atoms with Gasteiger partial charge in [-0.05, 0) is 51.9 Å². The van der Waals surface area contributed by atoms with Gasteiger partial charge in [-0.1, -0.05) is 0 Å². The largest absolute Gasteiger partial charge is 0.393 e. The van der Waals surface area contributed by atoms with Crippen molar-refractivity contribution in [3.63, 3.8) is 0 Å². The van der Waals surface area contributed by atoms with Gasteiger partial charge in [0.15, 0.2) is 5.96 Å². The van der Waals surface area contributed by atoms with E-state index in [0.717, 1.165) is 70.6 Å². The Kier molecular flexibility index (Phi) is 13.5. The fourth-order valence-electron chi connectivity index (χ4n) is 2.46. The van der Waals surface area contributed by atoms with Gasteiger partial charge in [0.05, 0.1) is 6.10 Å². The highest BCUT2D eigenvalue weighted by Crippen LogP contribution is 2.18. The fourth-order valence-corrected chi connectivity index (χ4v) is 2.46. The molecule has 0 atom stereocenters. The van der Waals surface area contributed by atoms with Crippen molar-refractivity contribution in [2.75, 3.05) is 26.8 Å². The minimum Gasteiger partial charge on any atom is -0.393 e. The fraction of sp³-hybridized carbons (Fsp3) is 0.933. The van der Waals surface area contributed by atoms with Crippen molar-refractivity contribution in [3.8, 4) is 0 Å². The van der Waals surface area contributed by atoms with E-state index < -0.39 is 0 Å². The van der Waals surface area contributed by atoms with Gasteiger partial charge in [0.1, 0.15) is 0 Å². The van der Waals surface area contributed by atoms with Gasteiger partial charge in [0.2, 0.25) is 0 Å². The van der Waals surface area contributed by atoms with Crippen LogP contribution in [0.1, 0.15) is 51.9 Å². The zero-order valence-electron chi connectivity index (χ0n) is 13.4. The van der Waals surface area contributed by atoms with Crippen LogP contribution < -0.4 is 10.6 Å². The molecule has 0 heterocycles. The van der Waals surface area contributed by atoms with E-state index in [-0.39, 0.29) is 30.1 Å². The van der Waals surface area contributed by atoms with Crippen LogP contribution in [-0.2, 0) is 4.74 Å². The lowest BCUT2D eigenvalue weighted by Crippen LogP contribution is -2.45. The van der Waals surface area contributed by atoms with Crippen LogP contribution in [0, 0.1) is 0 Å². The number of rotatable bonds is 8. The molecule has 0 saturated heterocycles. The van der Waals surface area contributed by atoms with Crippen molar-refractivity contribution in [1.29, 1.82) is 0 Å². The number of unbranched alkanes of at least 4 members (excludes halogenated alkanes) is 2. The molecular formula is C15H32IN3O2. The highest BCUT2D eigenvalue weighted by molar-refractivity contribution is 14.0. The standard InChI is InChI=1S/C15H31N3O2.HI/c1-3-16-15(17-11-5-4-6-12-20-2)18-13-7-9-14(19)10-8-13;/h13-14,19H,3-12H2,1-2H3,(H2,16,17,18);1H. The molecule has 126 valence electrons. The molecule has 0 aromatic heterocycles. The van der Waals surface area contributed by atoms with Crippen LogP contribution in [0.3, 0.4) is 0 Å². The Morgan fingerprint density at radius 1 is 1.19 bits per heavy atom. The average molecular weight is 413 g/mol. The summed E-state index contributed by atoms with van der Waals surface area (Å²) in [6, 6.07) is 0.449. The molecule has 1 saturated carbocycles. The molecule has 0 aliphatic heterocycles. The van der Waals surface area contributed by atoms with E-state index in [1.165, 1.54) is 0 Å². The van der Waals surface area contributed by atoms with Crippen LogP contribution in [0.25, 0.3) is 0 Å². The summed E-state index contributed by atoms with van der Waals surface area (Å²) in [5.74, 6) is 0.917. The van der Waals surface area contributed by atoms with Crippen LogP contribution in [0.15, 0.2) is 4.99 Å². The zero-order chi connectivity index (χ0) is 14.6. The SMILES string of the molecule is CCNC(=NCCCCCOC)NC1CCC(O)CC1.I. The number of hydrogen-bond donors (Lipinski definition) is 3. The summed E-state index contributed by atoms with van der Waals surface area (Å²) in [6.07, 6.45) is 7.11. The number of nitrogens with one attached hydrogen (secondary N) is 2. The first-order valence-electron chi connectivity index (χ1n) is 7.98. The summed E-state index contributed by atoms with van der Waals surface area (Å²) < 4.78 is 5.04. The summed E-state index contributed by atoms with van der Waals surface area (Å²) in [5, 5.41) is 16.3. The number of methoxy groups -OCH3 is 1. The third-order valence-electron chi connectivity index (χ3n) is 3.66. The van der Waals surface area contributed by atoms with E-state index in [1.807, 2.05) is 0 Å². The van der Waals surface area contributed by atoms with Crippen LogP contribution in [0.5, 0.6) is 0 Å². The Morgan fingerprint density at radius 2 is 1.90 bits per heavy atom. The number of hydrogen-bond acceptors (Lipinski definition) is 3. The number of aliphatic hydroxyl groups is 1. The lowest BCUT2D eigenvalue weighted by atomic mass is 9.93. The van der Waals surface area contributed by atoms with E-state index in [1.54, 1.807) is 7.11 Å². The van der Waals surface area contributed by atoms with Crippen LogP contribution in [0.2, 0.25) is 0 Å². The third-order valence-corrected chi connectivity index (χ3v) is 3.66. The van der Waals surface area contributed by atoms with Gasteiger partial charge in [-0.25, -0.2) is 0 Å². The van der Waals surface area contributed by atoms with E-state index in [9.17, 15) is 5.11 Å². The van der Waals surface area contributed by atoms with Crippen molar-refractivity contribution in [2.45, 2.75) is 64.0 Å². The van der Waals surface area contributed by atoms with Gasteiger partial charge in [-0.2, -0.15) is 0 Å². The third kappa shape index (κ3) is 10.3. The Balaban J connectivity index is 0.00000400. The van der Waals surface area contributed by atoms with Crippen LogP contribution in [0.4, 0.5) is 0 Å². The average Bonchev–Trinajstić information content (AvgIpc) is 2.45. The molecule has 6 heteroatoms. The molecule has 1 aliphatic carbocycles. The van der Waals surface area contributed by atoms with Gasteiger partial charge < -0.3 is 20.5 Å². The minimum absolute atomic E-state index is 0. The first kappa shape index (κ1) is 20.9. The predicted octanol–water partition coefficient (Wildman–Crippen LogP) is 2.28. The smallest absolute Gasteiger partial charge is 0.191 e. The highest BCUT2D eigenvalue weighted by atomic mass is 127. The molecule has 0 aromatic rings. The second kappa shape index (κ2) is 13.6. The van der Waals surface area contributed by atoms with Crippen molar-refractivity contribution < 1.29 is 9.84 Å². The number of ether oxygens (including phenoxy) is 1. The summed E-state index contributed by atoms with van der Waals surface area (Å²) in [7, 11) is 1.74. The summed E-state index contributed by atoms with van der Waals surface area (Å²) in [6.45, 7) is 4.66. The van der Waals surface area contributed by atoms with Crippen LogP contribution in [-0.4, -0.2) is 50.0 Å². The van der Waals surface area contributed by atoms with Crippen LogP contribution >= 0.6 is 24.0 Å². The van der Waals surface area contributed by atoms with Gasteiger partial charge in [0.25, 0.3) is 0 Å². The number of aliphatic imine (C=N–C) groups is 1. The van der Waals surface area contributed by atoms with E-state index in [4.69, 9.17) is 4.74 Å². The van der Waals surface area contributed by atoms with Gasteiger partial charge in [0, 0.05) is 32.8 Å². The Hall–Kier alpha value is -0.0800. The lowest BCUT2D eigenvalue weighted by Gasteiger charge is -2.27. The summed E-state index contributed by atoms with van der Waals surface area (Å²) >= 11 is 0. The maximum absolute atomic E-state index is 9.52. The van der Waals surface area contributed by atoms with Gasteiger partial charge in [-0.3, -0.25) is 4.99 Å². The second-order valence-corrected chi connectivity index (χ2v) is 5.46. The summed E-state index contributed by atoms with van der Waals surface area (Å²) in [4.78, 5) is 4.62. The van der Waals surface area contributed by atoms with Crippen molar-refractivity contribution in [2.24, 2.45) is 4.99 Å². The van der Waals surface area contributed by atoms with E-state index in [2.05, 4.69) is 22.5 Å². The molecule has 0 aromatic carbocycles. The van der Waals surface area contributed by atoms with Crippen molar-refractivity contribution in [1.82, 2.24) is 10.6 Å². The molecule has 1 aliphatic rings. The van der Waals surface area contributed by atoms with E-state index in [0.29, 0.717) is 6.04 Å². The van der Waals surface area contributed by atoms with E-state index >= 15 is 0 Å². The highest BCUT2D eigenvalue weighted by Gasteiger charge is 2.19. The summed E-state index contributed by atoms with van der Waals surface area (Å²) in [5.41, 5.74) is 0. The molecule has 0 bridgehead atoms. The molecule has 0 radical (unpaired) electrons. The normalized spacial score (nSPS) is 22.5. The molecule has 1 rings (SSSR count). The van der Waals surface area contributed by atoms with Gasteiger partial charge in [-0.15, -0.1) is 24.0 Å². The molecule has 0 spiro atoms. The Morgan fingerprint density at radius 3 is 2.52 bits per heavy atom. The minimum atomic E-state index is -0.103. The zero-order valence-corrected chi connectivity index (χ0v) is 15.8. The number of halogens is 1. The quantitative estimate of drug-likeness (QED) is 0.247. The molecule has 0 unspecified atom stereocenters. The molecule has 21 heavy (non-hydrogen) atoms. The molecule has 1 fully saturated rings. The first-order valence-corrected chi connectivity index (χ1v) is 7.98. The maximum Gasteiger partial charge on any atom is 0.191 e. The maximum atomic E-state index is 9.52. The number of aliphatic hydroxyl groups excluding tert-OH is 1. The molecule has 5 nitrogen and oxygen atoms in total. The molecule has 0 amide bonds. The van der Waals surface area contributed by atoms with Crippen molar-refractivity contribution >= 4 is 29.9 Å². The first-order chi connectivity index (χ1) is 9.76. The lowest BCUT2D eigenvalue weighted by molar-refractivity contribution is 0.120. The van der Waals surface area contributed by atoms with Gasteiger partial charge >= 0.3 is 0 Å². The predicted molar refractivity (Wildman–Crippen MR) is 98.5 cm³/mol. The Bertz CT molecular complexity index is 270. The molecule has 3 N–H and O–H groups in total. The second-order valence-electron chi connectivity index (χ2n) is 5.46. The molecular weight excluding hydrogens is 381 g/mol. The topological polar surface area (TPSA) is 65.9 Å². The number of nitrogens with zero attached hydrogens (tertiary/aromatic N) is 1. The monoisotopic (exact) mass is 413 g/mol.